The Morgan fingerprint density at radius 2 is 1.90 bits per heavy atom. The number of carbonyl (C=O) groups excluding carboxylic acids is 2. The third-order valence-electron chi connectivity index (χ3n) is 7.77. The number of hydrogen-bond acceptors (Lipinski definition) is 5. The molecule has 1 atom stereocenters. The lowest BCUT2D eigenvalue weighted by Gasteiger charge is -2.27. The maximum Gasteiger partial charge on any atom is 0.258 e. The van der Waals surface area contributed by atoms with Gasteiger partial charge in [-0.15, -0.1) is 0 Å². The highest BCUT2D eigenvalue weighted by Crippen LogP contribution is 2.46. The number of nitrogens with zero attached hydrogens (tertiary/aromatic N) is 2. The largest absolute Gasteiger partial charge is 0.495 e. The first-order chi connectivity index (χ1) is 19.3. The zero-order valence-electron chi connectivity index (χ0n) is 22.5. The van der Waals surface area contributed by atoms with Gasteiger partial charge in [-0.1, -0.05) is 29.8 Å². The summed E-state index contributed by atoms with van der Waals surface area (Å²) in [6, 6.07) is 16.5. The van der Waals surface area contributed by atoms with Crippen molar-refractivity contribution in [2.24, 2.45) is 10.4 Å². The van der Waals surface area contributed by atoms with Gasteiger partial charge in [0, 0.05) is 30.6 Å². The van der Waals surface area contributed by atoms with E-state index in [0.717, 1.165) is 49.4 Å². The van der Waals surface area contributed by atoms with Gasteiger partial charge in [-0.3, -0.25) is 14.6 Å². The number of rotatable bonds is 6. The van der Waals surface area contributed by atoms with E-state index in [1.165, 1.54) is 25.0 Å². The number of carbonyl (C=O) groups is 2. The minimum Gasteiger partial charge on any atom is -0.495 e. The maximum atomic E-state index is 13.9. The molecule has 3 aromatic carbocycles. The lowest BCUT2D eigenvalue weighted by atomic mass is 9.78. The van der Waals surface area contributed by atoms with E-state index in [9.17, 15) is 14.0 Å². The molecule has 0 unspecified atom stereocenters. The Morgan fingerprint density at radius 3 is 2.70 bits per heavy atom. The van der Waals surface area contributed by atoms with Gasteiger partial charge in [-0.2, -0.15) is 0 Å². The lowest BCUT2D eigenvalue weighted by molar-refractivity contribution is 0.0983. The topological polar surface area (TPSA) is 80.2 Å². The number of ether oxygens (including phenoxy) is 2. The maximum absolute atomic E-state index is 13.9. The third kappa shape index (κ3) is 5.74. The van der Waals surface area contributed by atoms with Crippen molar-refractivity contribution >= 4 is 40.5 Å². The van der Waals surface area contributed by atoms with Crippen LogP contribution >= 0.6 is 11.6 Å². The standard InChI is InChI=1S/C31H31ClFN3O4/c1-39-19-34-23-11-12-31(18-23)13-14-36(27-6-4-3-5-21(27)17-31)30(38)20-7-10-26(28(15-20)40-2)35-29(37)24-16-22(33)8-9-25(24)32/h3-10,15-16H,11-14,17-19H2,1-2H3,(H,35,37)/t31-/m0/s1. The smallest absolute Gasteiger partial charge is 0.258 e. The number of anilines is 2. The summed E-state index contributed by atoms with van der Waals surface area (Å²) in [5.74, 6) is -1.00. The van der Waals surface area contributed by atoms with Crippen LogP contribution in [0.5, 0.6) is 5.75 Å². The number of hydrogen-bond donors (Lipinski definition) is 1. The van der Waals surface area contributed by atoms with Crippen LogP contribution in [0.2, 0.25) is 5.02 Å². The second-order valence-corrected chi connectivity index (χ2v) is 10.7. The lowest BCUT2D eigenvalue weighted by Crippen LogP contribution is -2.33. The second kappa shape index (κ2) is 11.8. The first-order valence-corrected chi connectivity index (χ1v) is 13.6. The molecular formula is C31H31ClFN3O4. The summed E-state index contributed by atoms with van der Waals surface area (Å²) in [7, 11) is 3.11. The molecule has 1 spiro atoms. The average Bonchev–Trinajstić information content (AvgIpc) is 3.28. The van der Waals surface area contributed by atoms with E-state index in [0.29, 0.717) is 30.3 Å². The highest BCUT2D eigenvalue weighted by Gasteiger charge is 2.41. The molecule has 7 nitrogen and oxygen atoms in total. The molecule has 2 amide bonds. The highest BCUT2D eigenvalue weighted by molar-refractivity contribution is 6.34. The molecule has 0 saturated heterocycles. The summed E-state index contributed by atoms with van der Waals surface area (Å²) in [6.45, 7) is 0.951. The SMILES string of the molecule is COCN=C1CC[C@@]2(CCN(C(=O)c3ccc(NC(=O)c4cc(F)ccc4Cl)c(OC)c3)c3ccccc3C2)C1. The molecule has 208 valence electrons. The molecule has 0 aromatic heterocycles. The Kier molecular flexibility index (Phi) is 8.19. The fourth-order valence-electron chi connectivity index (χ4n) is 5.72. The van der Waals surface area contributed by atoms with Gasteiger partial charge in [0.05, 0.1) is 23.4 Å². The van der Waals surface area contributed by atoms with Gasteiger partial charge in [0.25, 0.3) is 11.8 Å². The fourth-order valence-corrected chi connectivity index (χ4v) is 5.92. The number of halogens is 2. The molecule has 2 aliphatic rings. The van der Waals surface area contributed by atoms with Crippen LogP contribution in [0.25, 0.3) is 0 Å². The predicted molar refractivity (Wildman–Crippen MR) is 154 cm³/mol. The summed E-state index contributed by atoms with van der Waals surface area (Å²) in [6.07, 6.45) is 4.63. The Morgan fingerprint density at radius 1 is 1.07 bits per heavy atom. The minimum absolute atomic E-state index is 0.00121. The van der Waals surface area contributed by atoms with Crippen LogP contribution in [-0.2, 0) is 11.2 Å². The molecule has 40 heavy (non-hydrogen) atoms. The molecule has 1 aliphatic heterocycles. The molecule has 1 N–H and O–H groups in total. The summed E-state index contributed by atoms with van der Waals surface area (Å²) in [4.78, 5) is 33.1. The zero-order valence-corrected chi connectivity index (χ0v) is 23.3. The van der Waals surface area contributed by atoms with Crippen LogP contribution in [-0.4, -0.2) is 45.0 Å². The first kappa shape index (κ1) is 27.8. The fraction of sp³-hybridized carbons (Fsp3) is 0.323. The van der Waals surface area contributed by atoms with E-state index in [1.807, 2.05) is 23.1 Å². The zero-order chi connectivity index (χ0) is 28.3. The van der Waals surface area contributed by atoms with Gasteiger partial charge in [-0.25, -0.2) is 4.39 Å². The van der Waals surface area contributed by atoms with E-state index in [1.54, 1.807) is 25.3 Å². The van der Waals surface area contributed by atoms with Crippen molar-refractivity contribution in [2.75, 3.05) is 37.7 Å². The van der Waals surface area contributed by atoms with Gasteiger partial charge in [0.1, 0.15) is 18.3 Å². The molecule has 1 heterocycles. The monoisotopic (exact) mass is 563 g/mol. The van der Waals surface area contributed by atoms with Gasteiger partial charge in [0.15, 0.2) is 0 Å². The quantitative estimate of drug-likeness (QED) is 0.369. The minimum atomic E-state index is -0.585. The van der Waals surface area contributed by atoms with Gasteiger partial charge in [0.2, 0.25) is 0 Å². The Bertz CT molecular complexity index is 1480. The first-order valence-electron chi connectivity index (χ1n) is 13.2. The second-order valence-electron chi connectivity index (χ2n) is 10.3. The van der Waals surface area contributed by atoms with Crippen LogP contribution in [0.4, 0.5) is 15.8 Å². The molecule has 1 saturated carbocycles. The number of benzene rings is 3. The summed E-state index contributed by atoms with van der Waals surface area (Å²) < 4.78 is 24.4. The van der Waals surface area contributed by atoms with E-state index in [4.69, 9.17) is 21.1 Å². The number of nitrogens with one attached hydrogen (secondary N) is 1. The number of methoxy groups -OCH3 is 2. The van der Waals surface area contributed by atoms with E-state index in [2.05, 4.69) is 16.4 Å². The summed E-state index contributed by atoms with van der Waals surface area (Å²) in [5.41, 5.74) is 4.06. The molecule has 1 fully saturated rings. The van der Waals surface area contributed by atoms with Crippen molar-refractivity contribution in [3.05, 3.63) is 88.2 Å². The molecule has 3 aromatic rings. The Labute approximate surface area is 238 Å². The molecule has 0 radical (unpaired) electrons. The number of fused-ring (bicyclic) bond motifs is 1. The van der Waals surface area contributed by atoms with Crippen molar-refractivity contribution < 1.29 is 23.5 Å². The Hall–Kier alpha value is -3.75. The van der Waals surface area contributed by atoms with Crippen LogP contribution in [0.15, 0.2) is 65.7 Å². The number of para-hydroxylation sites is 1. The van der Waals surface area contributed by atoms with Gasteiger partial charge >= 0.3 is 0 Å². The Balaban J connectivity index is 1.39. The molecule has 9 heteroatoms. The van der Waals surface area contributed by atoms with Crippen molar-refractivity contribution in [1.29, 1.82) is 0 Å². The van der Waals surface area contributed by atoms with Crippen molar-refractivity contribution in [3.63, 3.8) is 0 Å². The normalized spacial score (nSPS) is 19.4. The summed E-state index contributed by atoms with van der Waals surface area (Å²) in [5, 5.41) is 2.84. The molecule has 1 aliphatic carbocycles. The average molecular weight is 564 g/mol. The van der Waals surface area contributed by atoms with Crippen molar-refractivity contribution in [1.82, 2.24) is 0 Å². The molecule has 5 rings (SSSR count). The number of aliphatic imine (C=N–C) groups is 1. The van der Waals surface area contributed by atoms with Crippen LogP contribution in [0.1, 0.15) is 52.0 Å². The van der Waals surface area contributed by atoms with Gasteiger partial charge < -0.3 is 19.7 Å². The molecular weight excluding hydrogens is 533 g/mol. The van der Waals surface area contributed by atoms with Crippen LogP contribution in [0, 0.1) is 11.2 Å². The van der Waals surface area contributed by atoms with Crippen LogP contribution < -0.4 is 15.0 Å². The molecule has 0 bridgehead atoms. The predicted octanol–water partition coefficient (Wildman–Crippen LogP) is 6.55. The van der Waals surface area contributed by atoms with Crippen molar-refractivity contribution in [2.45, 2.75) is 32.1 Å². The highest BCUT2D eigenvalue weighted by atomic mass is 35.5. The van der Waals surface area contributed by atoms with E-state index in [-0.39, 0.29) is 21.9 Å². The van der Waals surface area contributed by atoms with Gasteiger partial charge in [-0.05, 0) is 85.5 Å². The third-order valence-corrected chi connectivity index (χ3v) is 8.10. The van der Waals surface area contributed by atoms with Crippen molar-refractivity contribution in [3.8, 4) is 5.75 Å². The summed E-state index contributed by atoms with van der Waals surface area (Å²) >= 11 is 6.09. The van der Waals surface area contributed by atoms with E-state index >= 15 is 0 Å². The van der Waals surface area contributed by atoms with Crippen LogP contribution in [0.3, 0.4) is 0 Å². The van der Waals surface area contributed by atoms with E-state index < -0.39 is 11.7 Å². The number of amides is 2.